The number of hydrogen-bond donors (Lipinski definition) is 1. The SMILES string of the molecule is c1ccc(Cc2nc(CN(CCn3cccn3)Cc3csc(Cc4ccccc4)n3)cs2)cc1.c1ccc(OCc2nc(CNCCn3cccn3)cs2)cc1. The van der Waals surface area contributed by atoms with Crippen LogP contribution in [0, 0.1) is 0 Å². The third-order valence-electron chi connectivity index (χ3n) is 8.66. The molecule has 10 nitrogen and oxygen atoms in total. The van der Waals surface area contributed by atoms with Crippen molar-refractivity contribution in [1.29, 1.82) is 0 Å². The molecule has 0 aliphatic heterocycles. The Morgan fingerprint density at radius 2 is 1.09 bits per heavy atom. The lowest BCUT2D eigenvalue weighted by Gasteiger charge is -2.20. The van der Waals surface area contributed by atoms with Gasteiger partial charge in [-0.1, -0.05) is 78.9 Å². The van der Waals surface area contributed by atoms with Gasteiger partial charge in [0.1, 0.15) is 17.4 Å². The summed E-state index contributed by atoms with van der Waals surface area (Å²) in [5.74, 6) is 0.872. The van der Waals surface area contributed by atoms with Gasteiger partial charge in [-0.15, -0.1) is 34.0 Å². The van der Waals surface area contributed by atoms with Crippen LogP contribution in [0.4, 0.5) is 0 Å². The summed E-state index contributed by atoms with van der Waals surface area (Å²) in [4.78, 5) is 16.8. The van der Waals surface area contributed by atoms with Crippen molar-refractivity contribution in [3.8, 4) is 5.75 Å². The lowest BCUT2D eigenvalue weighted by Crippen LogP contribution is -2.27. The molecular weight excluding hydrogens is 755 g/mol. The van der Waals surface area contributed by atoms with Crippen LogP contribution in [0.2, 0.25) is 0 Å². The van der Waals surface area contributed by atoms with E-state index in [-0.39, 0.29) is 0 Å². The number of para-hydroxylation sites is 1. The van der Waals surface area contributed by atoms with Crippen molar-refractivity contribution in [2.75, 3.05) is 13.1 Å². The maximum absolute atomic E-state index is 5.70. The first-order valence-electron chi connectivity index (χ1n) is 18.6. The lowest BCUT2D eigenvalue weighted by molar-refractivity contribution is 0.237. The molecule has 0 unspecified atom stereocenters. The number of thiazole rings is 3. The van der Waals surface area contributed by atoms with E-state index in [2.05, 4.69) is 102 Å². The Hall–Kier alpha value is -5.31. The van der Waals surface area contributed by atoms with E-state index >= 15 is 0 Å². The fourth-order valence-electron chi connectivity index (χ4n) is 5.90. The van der Waals surface area contributed by atoms with Crippen molar-refractivity contribution in [3.63, 3.8) is 0 Å². The lowest BCUT2D eigenvalue weighted by atomic mass is 10.2. The second-order valence-corrected chi connectivity index (χ2v) is 15.9. The summed E-state index contributed by atoms with van der Waals surface area (Å²) in [6.07, 6.45) is 9.36. The molecular formula is C43H45N9OS3. The quantitative estimate of drug-likeness (QED) is 0.0816. The van der Waals surface area contributed by atoms with Crippen LogP contribution in [0.5, 0.6) is 5.75 Å². The maximum Gasteiger partial charge on any atom is 0.140 e. The molecule has 286 valence electrons. The average molecular weight is 800 g/mol. The van der Waals surface area contributed by atoms with E-state index in [9.17, 15) is 0 Å². The Morgan fingerprint density at radius 1 is 0.571 bits per heavy atom. The first-order valence-corrected chi connectivity index (χ1v) is 21.3. The third-order valence-corrected chi connectivity index (χ3v) is 11.3. The third kappa shape index (κ3) is 12.9. The average Bonchev–Trinajstić information content (AvgIpc) is 4.10. The predicted molar refractivity (Wildman–Crippen MR) is 226 cm³/mol. The molecule has 5 aromatic heterocycles. The highest BCUT2D eigenvalue weighted by Crippen LogP contribution is 2.20. The normalized spacial score (nSPS) is 11.1. The molecule has 8 aromatic rings. The van der Waals surface area contributed by atoms with Crippen molar-refractivity contribution < 1.29 is 4.74 Å². The number of hydrogen-bond acceptors (Lipinski definition) is 11. The van der Waals surface area contributed by atoms with Crippen LogP contribution in [-0.4, -0.2) is 52.5 Å². The summed E-state index contributed by atoms with van der Waals surface area (Å²) in [7, 11) is 0. The van der Waals surface area contributed by atoms with Gasteiger partial charge in [-0.2, -0.15) is 10.2 Å². The zero-order valence-electron chi connectivity index (χ0n) is 31.1. The van der Waals surface area contributed by atoms with Crippen LogP contribution >= 0.6 is 34.0 Å². The van der Waals surface area contributed by atoms with Gasteiger partial charge in [-0.3, -0.25) is 14.3 Å². The number of ether oxygens (including phenoxy) is 1. The molecule has 56 heavy (non-hydrogen) atoms. The Morgan fingerprint density at radius 3 is 1.66 bits per heavy atom. The molecule has 8 rings (SSSR count). The zero-order chi connectivity index (χ0) is 38.0. The largest absolute Gasteiger partial charge is 0.486 e. The van der Waals surface area contributed by atoms with Gasteiger partial charge in [0.05, 0.1) is 40.2 Å². The molecule has 0 saturated carbocycles. The summed E-state index contributed by atoms with van der Waals surface area (Å²) in [6.45, 7) is 6.35. The molecule has 5 heterocycles. The molecule has 0 spiro atoms. The molecule has 0 bridgehead atoms. The van der Waals surface area contributed by atoms with Crippen molar-refractivity contribution >= 4 is 34.0 Å². The minimum atomic E-state index is 0.516. The minimum absolute atomic E-state index is 0.516. The summed E-state index contributed by atoms with van der Waals surface area (Å²) in [5, 5.41) is 21.7. The second-order valence-electron chi connectivity index (χ2n) is 13.0. The van der Waals surface area contributed by atoms with Crippen LogP contribution in [0.1, 0.15) is 43.2 Å². The van der Waals surface area contributed by atoms with Gasteiger partial charge in [0.2, 0.25) is 0 Å². The summed E-state index contributed by atoms with van der Waals surface area (Å²) >= 11 is 5.12. The number of nitrogens with one attached hydrogen (secondary N) is 1. The molecule has 0 amide bonds. The van der Waals surface area contributed by atoms with E-state index in [0.717, 1.165) is 96.5 Å². The number of rotatable bonds is 19. The van der Waals surface area contributed by atoms with Crippen LogP contribution in [0.15, 0.2) is 144 Å². The van der Waals surface area contributed by atoms with E-state index in [4.69, 9.17) is 14.7 Å². The van der Waals surface area contributed by atoms with E-state index in [1.807, 2.05) is 70.4 Å². The first kappa shape index (κ1) is 38.9. The van der Waals surface area contributed by atoms with Crippen molar-refractivity contribution in [1.82, 2.24) is 44.7 Å². The minimum Gasteiger partial charge on any atom is -0.486 e. The standard InChI is InChI=1S/C27H27N5S2.C16H18N4OS/c1-3-8-22(9-4-1)16-26-29-24(20-33-26)18-31(14-15-32-13-7-12-28-32)19-25-21-34-27(30-25)17-23-10-5-2-6-11-23;1-2-5-15(6-3-1)21-12-16-19-14(13-22-16)11-17-8-10-20-9-4-7-18-20/h1-13,20-21H,14-19H2;1-7,9,13,17H,8,10-12H2. The van der Waals surface area contributed by atoms with Gasteiger partial charge in [0.25, 0.3) is 0 Å². The van der Waals surface area contributed by atoms with E-state index in [1.165, 1.54) is 11.1 Å². The summed E-state index contributed by atoms with van der Waals surface area (Å²) in [5.41, 5.74) is 5.89. The number of benzene rings is 3. The second kappa shape index (κ2) is 21.1. The van der Waals surface area contributed by atoms with Gasteiger partial charge in [0, 0.05) is 86.5 Å². The molecule has 0 aliphatic carbocycles. The van der Waals surface area contributed by atoms with Crippen LogP contribution in [0.25, 0.3) is 0 Å². The van der Waals surface area contributed by atoms with Crippen molar-refractivity contribution in [2.45, 2.75) is 52.2 Å². The topological polar surface area (TPSA) is 98.8 Å². The first-order chi connectivity index (χ1) is 27.7. The molecule has 0 atom stereocenters. The molecule has 0 saturated heterocycles. The molecule has 1 N–H and O–H groups in total. The van der Waals surface area contributed by atoms with Crippen molar-refractivity contribution in [2.24, 2.45) is 0 Å². The van der Waals surface area contributed by atoms with Gasteiger partial charge in [0.15, 0.2) is 0 Å². The maximum atomic E-state index is 5.70. The van der Waals surface area contributed by atoms with Crippen molar-refractivity contribution in [3.05, 3.63) is 187 Å². The van der Waals surface area contributed by atoms with E-state index in [0.29, 0.717) is 6.61 Å². The smallest absolute Gasteiger partial charge is 0.140 e. The predicted octanol–water partition coefficient (Wildman–Crippen LogP) is 8.39. The summed E-state index contributed by atoms with van der Waals surface area (Å²) in [6, 6.07) is 34.8. The molecule has 3 aromatic carbocycles. The van der Waals surface area contributed by atoms with Gasteiger partial charge < -0.3 is 10.1 Å². The summed E-state index contributed by atoms with van der Waals surface area (Å²) < 4.78 is 9.59. The Labute approximate surface area is 340 Å². The highest BCUT2D eigenvalue weighted by molar-refractivity contribution is 7.10. The van der Waals surface area contributed by atoms with Crippen LogP contribution in [0.3, 0.4) is 0 Å². The van der Waals surface area contributed by atoms with E-state index in [1.54, 1.807) is 40.2 Å². The number of nitrogens with zero attached hydrogens (tertiary/aromatic N) is 8. The van der Waals surface area contributed by atoms with Gasteiger partial charge >= 0.3 is 0 Å². The highest BCUT2D eigenvalue weighted by atomic mass is 32.1. The fourth-order valence-corrected chi connectivity index (χ4v) is 8.24. The Balaban J connectivity index is 0.000000189. The van der Waals surface area contributed by atoms with Crippen LogP contribution < -0.4 is 10.1 Å². The van der Waals surface area contributed by atoms with E-state index < -0.39 is 0 Å². The molecule has 13 heteroatoms. The number of aromatic nitrogens is 7. The highest BCUT2D eigenvalue weighted by Gasteiger charge is 2.14. The molecule has 0 fully saturated rings. The van der Waals surface area contributed by atoms with Crippen LogP contribution in [-0.2, 0) is 52.2 Å². The molecule has 0 radical (unpaired) electrons. The Kier molecular flexibility index (Phi) is 14.7. The monoisotopic (exact) mass is 799 g/mol. The Bertz CT molecular complexity index is 2160. The zero-order valence-corrected chi connectivity index (χ0v) is 33.6. The van der Waals surface area contributed by atoms with Gasteiger partial charge in [-0.05, 0) is 35.4 Å². The van der Waals surface area contributed by atoms with Gasteiger partial charge in [-0.25, -0.2) is 15.0 Å². The molecule has 0 aliphatic rings. The fraction of sp³-hybridized carbons (Fsp3) is 0.233.